The van der Waals surface area contributed by atoms with Gasteiger partial charge in [0.25, 0.3) is 0 Å². The minimum Gasteiger partial charge on any atom is -0.360 e. The molecule has 0 amide bonds. The molecule has 0 spiro atoms. The number of nitrogens with zero attached hydrogens (tertiary/aromatic N) is 1. The second-order valence-corrected chi connectivity index (χ2v) is 4.26. The fraction of sp³-hybridized carbons (Fsp3) is 0.364. The third-order valence-electron chi connectivity index (χ3n) is 2.19. The van der Waals surface area contributed by atoms with Crippen LogP contribution in [0.2, 0.25) is 0 Å². The molecule has 0 aliphatic carbocycles. The summed E-state index contributed by atoms with van der Waals surface area (Å²) in [6.07, 6.45) is 2.94. The topological polar surface area (TPSA) is 40.7 Å². The molecule has 0 saturated carbocycles. The molecule has 2 aromatic rings. The first-order valence-electron chi connectivity index (χ1n) is 5.19. The van der Waals surface area contributed by atoms with Gasteiger partial charge in [-0.1, -0.05) is 6.92 Å². The molecule has 0 aliphatic rings. The Kier molecular flexibility index (Phi) is 3.53. The zero-order chi connectivity index (χ0) is 10.5. The molecule has 0 bridgehead atoms. The summed E-state index contributed by atoms with van der Waals surface area (Å²) in [5.41, 5.74) is 2.15. The van der Waals surface area contributed by atoms with Gasteiger partial charge in [0.05, 0.1) is 16.4 Å². The van der Waals surface area contributed by atoms with Gasteiger partial charge in [-0.3, -0.25) is 0 Å². The lowest BCUT2D eigenvalue weighted by atomic mass is 10.3. The Morgan fingerprint density at radius 1 is 1.53 bits per heavy atom. The Labute approximate surface area is 93.6 Å². The average molecular weight is 221 g/mol. The third kappa shape index (κ3) is 2.67. The van der Waals surface area contributed by atoms with Gasteiger partial charge in [0, 0.05) is 24.5 Å². The molecule has 2 rings (SSSR count). The summed E-state index contributed by atoms with van der Waals surface area (Å²) in [6.45, 7) is 4.15. The van der Waals surface area contributed by atoms with E-state index in [1.54, 1.807) is 11.3 Å². The predicted molar refractivity (Wildman–Crippen MR) is 64.1 cm³/mol. The second-order valence-electron chi connectivity index (χ2n) is 3.31. The van der Waals surface area contributed by atoms with Gasteiger partial charge in [-0.2, -0.15) is 0 Å². The molecule has 0 saturated heterocycles. The fourth-order valence-corrected chi connectivity index (χ4v) is 2.21. The summed E-state index contributed by atoms with van der Waals surface area (Å²) in [4.78, 5) is 7.73. The maximum absolute atomic E-state index is 4.57. The lowest BCUT2D eigenvalue weighted by Crippen LogP contribution is -2.15. The van der Waals surface area contributed by atoms with Crippen LogP contribution in [0.5, 0.6) is 0 Å². The maximum atomic E-state index is 4.57. The standard InChI is InChI=1S/C11H15N3S/c1-2-12-7-5-11-14-10(8-15-11)9-4-3-6-13-9/h3-4,6,8,12-13H,2,5,7H2,1H3. The van der Waals surface area contributed by atoms with Crippen molar-refractivity contribution < 1.29 is 0 Å². The van der Waals surface area contributed by atoms with Crippen LogP contribution in [-0.2, 0) is 6.42 Å². The van der Waals surface area contributed by atoms with Crippen LogP contribution in [0.25, 0.3) is 11.4 Å². The van der Waals surface area contributed by atoms with E-state index < -0.39 is 0 Å². The highest BCUT2D eigenvalue weighted by Gasteiger charge is 2.04. The molecule has 0 aliphatic heterocycles. The monoisotopic (exact) mass is 221 g/mol. The van der Waals surface area contributed by atoms with Gasteiger partial charge in [0.15, 0.2) is 0 Å². The van der Waals surface area contributed by atoms with Crippen LogP contribution in [0.15, 0.2) is 23.7 Å². The van der Waals surface area contributed by atoms with Gasteiger partial charge in [0.1, 0.15) is 0 Å². The van der Waals surface area contributed by atoms with E-state index >= 15 is 0 Å². The third-order valence-corrected chi connectivity index (χ3v) is 3.10. The number of nitrogens with one attached hydrogen (secondary N) is 2. The molecule has 0 unspecified atom stereocenters. The van der Waals surface area contributed by atoms with Gasteiger partial charge in [0.2, 0.25) is 0 Å². The molecule has 2 heterocycles. The molecule has 2 N–H and O–H groups in total. The molecule has 0 aromatic carbocycles. The second kappa shape index (κ2) is 5.09. The summed E-state index contributed by atoms with van der Waals surface area (Å²) in [5.74, 6) is 0. The highest BCUT2D eigenvalue weighted by molar-refractivity contribution is 7.09. The van der Waals surface area contributed by atoms with Crippen LogP contribution < -0.4 is 5.32 Å². The first kappa shape index (κ1) is 10.4. The molecular weight excluding hydrogens is 206 g/mol. The summed E-state index contributed by atoms with van der Waals surface area (Å²) < 4.78 is 0. The molecule has 0 radical (unpaired) electrons. The van der Waals surface area contributed by atoms with Gasteiger partial charge in [-0.25, -0.2) is 4.98 Å². The summed E-state index contributed by atoms with van der Waals surface area (Å²) >= 11 is 1.73. The van der Waals surface area contributed by atoms with Gasteiger partial charge in [-0.05, 0) is 18.7 Å². The van der Waals surface area contributed by atoms with Crippen LogP contribution in [-0.4, -0.2) is 23.1 Å². The molecule has 0 atom stereocenters. The average Bonchev–Trinajstić information content (AvgIpc) is 2.87. The number of likely N-dealkylation sites (N-methyl/N-ethyl adjacent to an activating group) is 1. The highest BCUT2D eigenvalue weighted by Crippen LogP contribution is 2.19. The van der Waals surface area contributed by atoms with Crippen molar-refractivity contribution in [1.82, 2.24) is 15.3 Å². The van der Waals surface area contributed by atoms with E-state index in [1.807, 2.05) is 18.3 Å². The molecule has 0 fully saturated rings. The van der Waals surface area contributed by atoms with Crippen LogP contribution in [0.4, 0.5) is 0 Å². The number of rotatable bonds is 5. The minimum absolute atomic E-state index is 1.01. The largest absolute Gasteiger partial charge is 0.360 e. The van der Waals surface area contributed by atoms with Crippen molar-refractivity contribution in [2.24, 2.45) is 0 Å². The Bertz CT molecular complexity index is 392. The molecule has 3 nitrogen and oxygen atoms in total. The quantitative estimate of drug-likeness (QED) is 0.761. The van der Waals surface area contributed by atoms with Crippen LogP contribution >= 0.6 is 11.3 Å². The van der Waals surface area contributed by atoms with E-state index in [-0.39, 0.29) is 0 Å². The van der Waals surface area contributed by atoms with Crippen LogP contribution in [0, 0.1) is 0 Å². The summed E-state index contributed by atoms with van der Waals surface area (Å²) in [7, 11) is 0. The SMILES string of the molecule is CCNCCc1nc(-c2ccc[nH]2)cs1. The van der Waals surface area contributed by atoms with E-state index in [1.165, 1.54) is 5.01 Å². The number of thiazole rings is 1. The zero-order valence-corrected chi connectivity index (χ0v) is 9.60. The summed E-state index contributed by atoms with van der Waals surface area (Å²) in [5, 5.41) is 6.60. The van der Waals surface area contributed by atoms with Gasteiger partial charge < -0.3 is 10.3 Å². The molecule has 80 valence electrons. The minimum atomic E-state index is 1.01. The van der Waals surface area contributed by atoms with E-state index in [4.69, 9.17) is 0 Å². The number of aromatic nitrogens is 2. The van der Waals surface area contributed by atoms with Crippen molar-refractivity contribution in [2.45, 2.75) is 13.3 Å². The lowest BCUT2D eigenvalue weighted by Gasteiger charge is -1.96. The molecule has 4 heteroatoms. The lowest BCUT2D eigenvalue weighted by molar-refractivity contribution is 0.714. The molecule has 15 heavy (non-hydrogen) atoms. The van der Waals surface area contributed by atoms with Gasteiger partial charge in [-0.15, -0.1) is 11.3 Å². The van der Waals surface area contributed by atoms with Crippen molar-refractivity contribution >= 4 is 11.3 Å². The smallest absolute Gasteiger partial charge is 0.0976 e. The number of aromatic amines is 1. The Morgan fingerprint density at radius 3 is 3.20 bits per heavy atom. The van der Waals surface area contributed by atoms with E-state index in [2.05, 4.69) is 27.6 Å². The Morgan fingerprint density at radius 2 is 2.47 bits per heavy atom. The number of hydrogen-bond acceptors (Lipinski definition) is 3. The number of hydrogen-bond donors (Lipinski definition) is 2. The fourth-order valence-electron chi connectivity index (χ4n) is 1.41. The Hall–Kier alpha value is -1.13. The highest BCUT2D eigenvalue weighted by atomic mass is 32.1. The first-order valence-corrected chi connectivity index (χ1v) is 6.07. The van der Waals surface area contributed by atoms with E-state index in [9.17, 15) is 0 Å². The van der Waals surface area contributed by atoms with Crippen LogP contribution in [0.1, 0.15) is 11.9 Å². The van der Waals surface area contributed by atoms with Crippen molar-refractivity contribution in [2.75, 3.05) is 13.1 Å². The van der Waals surface area contributed by atoms with Crippen molar-refractivity contribution in [1.29, 1.82) is 0 Å². The van der Waals surface area contributed by atoms with Gasteiger partial charge >= 0.3 is 0 Å². The zero-order valence-electron chi connectivity index (χ0n) is 8.79. The van der Waals surface area contributed by atoms with Crippen LogP contribution in [0.3, 0.4) is 0 Å². The first-order chi connectivity index (χ1) is 7.40. The number of H-pyrrole nitrogens is 1. The van der Waals surface area contributed by atoms with E-state index in [0.717, 1.165) is 30.9 Å². The van der Waals surface area contributed by atoms with Crippen molar-refractivity contribution in [3.63, 3.8) is 0 Å². The maximum Gasteiger partial charge on any atom is 0.0976 e. The normalized spacial score (nSPS) is 10.7. The van der Waals surface area contributed by atoms with E-state index in [0.29, 0.717) is 0 Å². The Balaban J connectivity index is 1.98. The van der Waals surface area contributed by atoms with Crippen molar-refractivity contribution in [3.8, 4) is 11.4 Å². The molecular formula is C11H15N3S. The predicted octanol–water partition coefficient (Wildman–Crippen LogP) is 2.29. The summed E-state index contributed by atoms with van der Waals surface area (Å²) in [6, 6.07) is 4.04. The van der Waals surface area contributed by atoms with Crippen molar-refractivity contribution in [3.05, 3.63) is 28.7 Å². The molecule has 2 aromatic heterocycles.